The fourth-order valence-electron chi connectivity index (χ4n) is 1.14. The van der Waals surface area contributed by atoms with Crippen molar-refractivity contribution in [3.63, 3.8) is 0 Å². The number of H-pyrrole nitrogens is 1. The number of pyridine rings is 1. The molecule has 6 heteroatoms. The molecule has 2 aromatic rings. The van der Waals surface area contributed by atoms with Gasteiger partial charge < -0.3 is 5.73 Å². The highest BCUT2D eigenvalue weighted by molar-refractivity contribution is 5.93. The molecule has 1 amide bonds. The molecule has 0 bridgehead atoms. The quantitative estimate of drug-likeness (QED) is 0.627. The summed E-state index contributed by atoms with van der Waals surface area (Å²) in [5.41, 5.74) is 4.68. The fourth-order valence-corrected chi connectivity index (χ4v) is 1.14. The van der Waals surface area contributed by atoms with Crippen LogP contribution in [0, 0.1) is 0 Å². The molecule has 0 atom stereocenters. The van der Waals surface area contributed by atoms with E-state index in [-0.39, 0.29) is 5.69 Å². The summed E-state index contributed by atoms with van der Waals surface area (Å²) in [6.07, 6.45) is 2.91. The van der Waals surface area contributed by atoms with Gasteiger partial charge in [0.25, 0.3) is 5.91 Å². The number of primary amides is 1. The monoisotopic (exact) mass is 190 g/mol. The minimum absolute atomic E-state index is 0.288. The molecule has 2 heterocycles. The number of hydrogen-bond acceptors (Lipinski definition) is 4. The molecule has 0 aliphatic heterocycles. The van der Waals surface area contributed by atoms with Crippen molar-refractivity contribution in [2.75, 3.05) is 0 Å². The Morgan fingerprint density at radius 2 is 2.29 bits per heavy atom. The van der Waals surface area contributed by atoms with Gasteiger partial charge in [0, 0.05) is 6.20 Å². The number of nitrogens with zero attached hydrogens (tertiary/aromatic N) is 2. The van der Waals surface area contributed by atoms with Crippen LogP contribution in [-0.2, 0) is 0 Å². The van der Waals surface area contributed by atoms with Crippen LogP contribution in [0.3, 0.4) is 0 Å². The Bertz CT molecular complexity index is 561. The van der Waals surface area contributed by atoms with Crippen molar-refractivity contribution in [3.05, 3.63) is 34.4 Å². The number of amides is 1. The van der Waals surface area contributed by atoms with Crippen LogP contribution in [-0.4, -0.2) is 21.1 Å². The van der Waals surface area contributed by atoms with Gasteiger partial charge >= 0.3 is 0 Å². The molecule has 14 heavy (non-hydrogen) atoms. The summed E-state index contributed by atoms with van der Waals surface area (Å²) in [5, 5.41) is 6.43. The summed E-state index contributed by atoms with van der Waals surface area (Å²) < 4.78 is 0. The van der Waals surface area contributed by atoms with E-state index in [0.717, 1.165) is 0 Å². The topological polar surface area (TPSA) is 102 Å². The highest BCUT2D eigenvalue weighted by Crippen LogP contribution is 2.02. The summed E-state index contributed by atoms with van der Waals surface area (Å²) in [6.45, 7) is 0. The van der Waals surface area contributed by atoms with Gasteiger partial charge in [-0.25, -0.2) is 0 Å². The maximum atomic E-state index is 11.6. The predicted octanol–water partition coefficient (Wildman–Crippen LogP) is -0.583. The Kier molecular flexibility index (Phi) is 1.74. The molecule has 0 fully saturated rings. The Morgan fingerprint density at radius 1 is 1.50 bits per heavy atom. The lowest BCUT2D eigenvalue weighted by molar-refractivity contribution is 0.0994. The first-order valence-corrected chi connectivity index (χ1v) is 3.82. The molecular formula is C8H6N4O2. The minimum atomic E-state index is -0.843. The van der Waals surface area contributed by atoms with Gasteiger partial charge in [-0.3, -0.25) is 19.7 Å². The lowest BCUT2D eigenvalue weighted by Gasteiger charge is -1.97. The molecule has 0 unspecified atom stereocenters. The molecule has 2 aromatic heterocycles. The van der Waals surface area contributed by atoms with Gasteiger partial charge in [-0.2, -0.15) is 5.10 Å². The number of carbonyl (C=O) groups excluding carboxylic acids is 1. The molecule has 6 nitrogen and oxygen atoms in total. The Labute approximate surface area is 77.8 Å². The third-order valence-electron chi connectivity index (χ3n) is 1.80. The maximum Gasteiger partial charge on any atom is 0.273 e. The maximum absolute atomic E-state index is 11.6. The average molecular weight is 190 g/mol. The SMILES string of the molecule is NC(=O)c1n[nH]c2cnccc2c1=O. The van der Waals surface area contributed by atoms with E-state index in [9.17, 15) is 9.59 Å². The number of nitrogens with one attached hydrogen (secondary N) is 1. The highest BCUT2D eigenvalue weighted by atomic mass is 16.2. The van der Waals surface area contributed by atoms with E-state index in [4.69, 9.17) is 5.73 Å². The zero-order chi connectivity index (χ0) is 10.1. The zero-order valence-corrected chi connectivity index (χ0v) is 7.02. The van der Waals surface area contributed by atoms with E-state index < -0.39 is 11.3 Å². The zero-order valence-electron chi connectivity index (χ0n) is 7.02. The largest absolute Gasteiger partial charge is 0.364 e. The Morgan fingerprint density at radius 3 is 3.00 bits per heavy atom. The van der Waals surface area contributed by atoms with Crippen LogP contribution in [0.15, 0.2) is 23.3 Å². The smallest absolute Gasteiger partial charge is 0.273 e. The second kappa shape index (κ2) is 2.91. The second-order valence-electron chi connectivity index (χ2n) is 2.69. The van der Waals surface area contributed by atoms with E-state index >= 15 is 0 Å². The lowest BCUT2D eigenvalue weighted by Crippen LogP contribution is -2.24. The van der Waals surface area contributed by atoms with Crippen molar-refractivity contribution in [3.8, 4) is 0 Å². The first kappa shape index (κ1) is 8.36. The molecule has 3 N–H and O–H groups in total. The number of aromatic nitrogens is 3. The third-order valence-corrected chi connectivity index (χ3v) is 1.80. The summed E-state index contributed by atoms with van der Waals surface area (Å²) in [5.74, 6) is -0.843. The highest BCUT2D eigenvalue weighted by Gasteiger charge is 2.10. The Balaban J connectivity index is 2.89. The fraction of sp³-hybridized carbons (Fsp3) is 0. The van der Waals surface area contributed by atoms with Gasteiger partial charge in [0.05, 0.1) is 17.1 Å². The number of aromatic amines is 1. The third kappa shape index (κ3) is 1.13. The molecule has 0 aromatic carbocycles. The molecule has 2 rings (SSSR count). The molecule has 0 spiro atoms. The van der Waals surface area contributed by atoms with Crippen LogP contribution in [0.2, 0.25) is 0 Å². The van der Waals surface area contributed by atoms with Gasteiger partial charge in [-0.05, 0) is 6.07 Å². The first-order chi connectivity index (χ1) is 6.70. The van der Waals surface area contributed by atoms with Gasteiger partial charge in [0.2, 0.25) is 5.43 Å². The van der Waals surface area contributed by atoms with E-state index in [0.29, 0.717) is 10.9 Å². The molecule has 0 aliphatic rings. The van der Waals surface area contributed by atoms with Crippen LogP contribution < -0.4 is 11.2 Å². The standard InChI is InChI=1S/C8H6N4O2/c9-8(14)6-7(13)4-1-2-10-3-5(4)11-12-6/h1-3H,(H2,9,14)(H,11,13). The van der Waals surface area contributed by atoms with Crippen molar-refractivity contribution >= 4 is 16.8 Å². The van der Waals surface area contributed by atoms with Crippen molar-refractivity contribution in [1.82, 2.24) is 15.2 Å². The number of rotatable bonds is 1. The summed E-state index contributed by atoms with van der Waals surface area (Å²) in [7, 11) is 0. The van der Waals surface area contributed by atoms with Gasteiger partial charge in [0.1, 0.15) is 0 Å². The lowest BCUT2D eigenvalue weighted by atomic mass is 10.2. The summed E-state index contributed by atoms with van der Waals surface area (Å²) in [4.78, 5) is 26.2. The van der Waals surface area contributed by atoms with Crippen LogP contribution in [0.4, 0.5) is 0 Å². The van der Waals surface area contributed by atoms with Gasteiger partial charge in [-0.1, -0.05) is 0 Å². The number of carbonyl (C=O) groups is 1. The number of nitrogens with two attached hydrogens (primary N) is 1. The Hall–Kier alpha value is -2.24. The van der Waals surface area contributed by atoms with E-state index in [1.807, 2.05) is 0 Å². The van der Waals surface area contributed by atoms with Gasteiger partial charge in [0.15, 0.2) is 5.69 Å². The minimum Gasteiger partial charge on any atom is -0.364 e. The van der Waals surface area contributed by atoms with Crippen molar-refractivity contribution in [1.29, 1.82) is 0 Å². The molecular weight excluding hydrogens is 184 g/mol. The van der Waals surface area contributed by atoms with E-state index in [1.165, 1.54) is 18.5 Å². The number of fused-ring (bicyclic) bond motifs is 1. The summed E-state index contributed by atoms with van der Waals surface area (Å²) >= 11 is 0. The summed E-state index contributed by atoms with van der Waals surface area (Å²) in [6, 6.07) is 1.50. The molecule has 0 aliphatic carbocycles. The molecule has 0 saturated heterocycles. The van der Waals surface area contributed by atoms with Crippen molar-refractivity contribution in [2.24, 2.45) is 5.73 Å². The molecule has 70 valence electrons. The average Bonchev–Trinajstić information content (AvgIpc) is 2.18. The predicted molar refractivity (Wildman–Crippen MR) is 48.7 cm³/mol. The van der Waals surface area contributed by atoms with Gasteiger partial charge in [-0.15, -0.1) is 0 Å². The first-order valence-electron chi connectivity index (χ1n) is 3.82. The van der Waals surface area contributed by atoms with Crippen molar-refractivity contribution in [2.45, 2.75) is 0 Å². The molecule has 0 radical (unpaired) electrons. The number of hydrogen-bond donors (Lipinski definition) is 2. The molecule has 0 saturated carbocycles. The second-order valence-corrected chi connectivity index (χ2v) is 2.69. The van der Waals surface area contributed by atoms with Crippen LogP contribution in [0.25, 0.3) is 10.9 Å². The van der Waals surface area contributed by atoms with Crippen LogP contribution in [0.5, 0.6) is 0 Å². The van der Waals surface area contributed by atoms with E-state index in [2.05, 4.69) is 15.2 Å². The van der Waals surface area contributed by atoms with E-state index in [1.54, 1.807) is 0 Å². The van der Waals surface area contributed by atoms with Crippen molar-refractivity contribution < 1.29 is 4.79 Å². The van der Waals surface area contributed by atoms with Crippen LogP contribution >= 0.6 is 0 Å². The normalized spacial score (nSPS) is 10.3. The van der Waals surface area contributed by atoms with Crippen LogP contribution in [0.1, 0.15) is 10.5 Å².